The number of hydrogen-bond acceptors (Lipinski definition) is 7. The number of rotatable bonds is 3. The molecule has 0 radical (unpaired) electrons. The average molecular weight is 382 g/mol. The van der Waals surface area contributed by atoms with Crippen molar-refractivity contribution in [2.45, 2.75) is 5.92 Å². The Labute approximate surface area is 160 Å². The molecule has 0 bridgehead atoms. The Morgan fingerprint density at radius 3 is 1.82 bits per heavy atom. The molecule has 0 spiro atoms. The van der Waals surface area contributed by atoms with Crippen molar-refractivity contribution in [3.63, 3.8) is 0 Å². The minimum atomic E-state index is -0.704. The van der Waals surface area contributed by atoms with E-state index in [1.54, 1.807) is 18.2 Å². The molecule has 4 N–H and O–H groups in total. The molecule has 1 aliphatic rings. The molecule has 3 aromatic rings. The second-order valence-corrected chi connectivity index (χ2v) is 6.40. The first kappa shape index (κ1) is 17.7. The van der Waals surface area contributed by atoms with Gasteiger partial charge >= 0.3 is 0 Å². The Kier molecular flexibility index (Phi) is 4.07. The van der Waals surface area contributed by atoms with Crippen LogP contribution in [-0.2, 0) is 0 Å². The topological polar surface area (TPSA) is 109 Å². The van der Waals surface area contributed by atoms with E-state index in [4.69, 9.17) is 14.2 Å². The minimum Gasteiger partial charge on any atom is -0.508 e. The lowest BCUT2D eigenvalue weighted by atomic mass is 9.81. The van der Waals surface area contributed by atoms with Crippen molar-refractivity contribution in [3.8, 4) is 46.0 Å². The van der Waals surface area contributed by atoms with Gasteiger partial charge in [0.15, 0.2) is 0 Å². The molecule has 0 aliphatic carbocycles. The van der Waals surface area contributed by atoms with E-state index in [9.17, 15) is 20.4 Å². The molecule has 0 saturated carbocycles. The number of aromatic hydroxyl groups is 4. The van der Waals surface area contributed by atoms with Gasteiger partial charge in [0.25, 0.3) is 0 Å². The number of hydrogen-bond donors (Lipinski definition) is 4. The van der Waals surface area contributed by atoms with Gasteiger partial charge in [0.2, 0.25) is 0 Å². The van der Waals surface area contributed by atoms with E-state index in [1.807, 2.05) is 0 Å². The molecule has 0 amide bonds. The third kappa shape index (κ3) is 2.68. The van der Waals surface area contributed by atoms with E-state index in [0.717, 1.165) is 0 Å². The molecule has 4 rings (SSSR count). The molecule has 28 heavy (non-hydrogen) atoms. The molecule has 0 saturated heterocycles. The molecule has 1 aliphatic heterocycles. The summed E-state index contributed by atoms with van der Waals surface area (Å²) in [4.78, 5) is 0. The molecular weight excluding hydrogens is 364 g/mol. The summed E-state index contributed by atoms with van der Waals surface area (Å²) in [5, 5.41) is 40.9. The number of ether oxygens (including phenoxy) is 3. The van der Waals surface area contributed by atoms with Crippen LogP contribution in [-0.4, -0.2) is 34.6 Å². The summed E-state index contributed by atoms with van der Waals surface area (Å²) in [6.45, 7) is 0. The molecule has 7 nitrogen and oxygen atoms in total. The van der Waals surface area contributed by atoms with E-state index in [1.165, 1.54) is 38.5 Å². The maximum absolute atomic E-state index is 10.6. The van der Waals surface area contributed by atoms with E-state index in [2.05, 4.69) is 0 Å². The molecule has 0 aromatic heterocycles. The molecule has 0 atom stereocenters. The van der Waals surface area contributed by atoms with Gasteiger partial charge in [-0.15, -0.1) is 0 Å². The maximum Gasteiger partial charge on any atom is 0.139 e. The molecule has 1 heterocycles. The second kappa shape index (κ2) is 6.45. The largest absolute Gasteiger partial charge is 0.508 e. The normalized spacial score (nSPS) is 12.6. The quantitative estimate of drug-likeness (QED) is 0.427. The van der Waals surface area contributed by atoms with Gasteiger partial charge in [-0.05, 0) is 18.2 Å². The summed E-state index contributed by atoms with van der Waals surface area (Å²) in [5.41, 5.74) is 1.30. The van der Waals surface area contributed by atoms with Gasteiger partial charge in [-0.25, -0.2) is 0 Å². The van der Waals surface area contributed by atoms with Crippen LogP contribution in [0.2, 0.25) is 0 Å². The van der Waals surface area contributed by atoms with Crippen molar-refractivity contribution in [1.29, 1.82) is 0 Å². The summed E-state index contributed by atoms with van der Waals surface area (Å²) in [6.07, 6.45) is 0. The van der Waals surface area contributed by atoms with E-state index >= 15 is 0 Å². The first-order chi connectivity index (χ1) is 13.4. The predicted octanol–water partition coefficient (Wildman–Crippen LogP) is 3.81. The van der Waals surface area contributed by atoms with Crippen molar-refractivity contribution >= 4 is 0 Å². The first-order valence-electron chi connectivity index (χ1n) is 8.44. The average Bonchev–Trinajstić information content (AvgIpc) is 2.65. The number of fused-ring (bicyclic) bond motifs is 2. The molecule has 0 fully saturated rings. The Hall–Kier alpha value is -3.74. The summed E-state index contributed by atoms with van der Waals surface area (Å²) < 4.78 is 16.6. The van der Waals surface area contributed by atoms with Gasteiger partial charge in [-0.3, -0.25) is 0 Å². The fourth-order valence-electron chi connectivity index (χ4n) is 3.58. The molecular formula is C21H18O7. The standard InChI is InChI=1S/C21H18O7/c1-26-12-3-4-16(27-2)13(9-12)19-20-14(24)5-10(22)7-17(20)28-18-8-11(23)6-15(25)21(18)19/h3-9,19,22-25H,1-2H3. The van der Waals surface area contributed by atoms with Crippen molar-refractivity contribution in [2.75, 3.05) is 14.2 Å². The van der Waals surface area contributed by atoms with E-state index < -0.39 is 5.92 Å². The van der Waals surface area contributed by atoms with Crippen molar-refractivity contribution in [3.05, 3.63) is 59.2 Å². The van der Waals surface area contributed by atoms with Crippen molar-refractivity contribution < 1.29 is 34.6 Å². The van der Waals surface area contributed by atoms with Crippen LogP contribution in [0.25, 0.3) is 0 Å². The van der Waals surface area contributed by atoms with Gasteiger partial charge in [0.1, 0.15) is 46.0 Å². The highest BCUT2D eigenvalue weighted by atomic mass is 16.5. The highest BCUT2D eigenvalue weighted by Crippen LogP contribution is 2.56. The Balaban J connectivity index is 2.08. The predicted molar refractivity (Wildman–Crippen MR) is 100 cm³/mol. The smallest absolute Gasteiger partial charge is 0.139 e. The highest BCUT2D eigenvalue weighted by molar-refractivity contribution is 5.69. The highest BCUT2D eigenvalue weighted by Gasteiger charge is 2.36. The Bertz CT molecular complexity index is 1020. The second-order valence-electron chi connectivity index (χ2n) is 6.40. The lowest BCUT2D eigenvalue weighted by Crippen LogP contribution is -2.13. The SMILES string of the molecule is COc1ccc(OC)c(C2c3c(O)cc(O)cc3Oc3cc(O)cc(O)c32)c1. The molecule has 7 heteroatoms. The van der Waals surface area contributed by atoms with Crippen LogP contribution in [0.5, 0.6) is 46.0 Å². The third-order valence-electron chi connectivity index (χ3n) is 4.76. The fraction of sp³-hybridized carbons (Fsp3) is 0.143. The summed E-state index contributed by atoms with van der Waals surface area (Å²) in [7, 11) is 3.04. The molecule has 144 valence electrons. The van der Waals surface area contributed by atoms with Gasteiger partial charge in [0, 0.05) is 41.0 Å². The van der Waals surface area contributed by atoms with E-state index in [0.29, 0.717) is 28.2 Å². The first-order valence-corrected chi connectivity index (χ1v) is 8.44. The number of phenolic OH excluding ortho intramolecular Hbond substituents is 4. The summed E-state index contributed by atoms with van der Waals surface area (Å²) in [5.74, 6) is -0.0157. The van der Waals surface area contributed by atoms with Gasteiger partial charge in [-0.2, -0.15) is 0 Å². The van der Waals surface area contributed by atoms with Gasteiger partial charge in [-0.1, -0.05) is 0 Å². The van der Waals surface area contributed by atoms with Crippen LogP contribution in [0.1, 0.15) is 22.6 Å². The minimum absolute atomic E-state index is 0.180. The fourth-order valence-corrected chi connectivity index (χ4v) is 3.58. The maximum atomic E-state index is 10.6. The van der Waals surface area contributed by atoms with Crippen LogP contribution in [0.15, 0.2) is 42.5 Å². The number of benzene rings is 3. The Morgan fingerprint density at radius 1 is 0.750 bits per heavy atom. The van der Waals surface area contributed by atoms with Crippen LogP contribution < -0.4 is 14.2 Å². The van der Waals surface area contributed by atoms with E-state index in [-0.39, 0.29) is 34.5 Å². The summed E-state index contributed by atoms with van der Waals surface area (Å²) in [6, 6.07) is 10.3. The lowest BCUT2D eigenvalue weighted by molar-refractivity contribution is 0.382. The van der Waals surface area contributed by atoms with Crippen molar-refractivity contribution in [2.24, 2.45) is 0 Å². The zero-order chi connectivity index (χ0) is 20.0. The number of phenols is 4. The zero-order valence-corrected chi connectivity index (χ0v) is 15.1. The third-order valence-corrected chi connectivity index (χ3v) is 4.76. The van der Waals surface area contributed by atoms with Crippen LogP contribution in [0.3, 0.4) is 0 Å². The zero-order valence-electron chi connectivity index (χ0n) is 15.1. The van der Waals surface area contributed by atoms with Crippen molar-refractivity contribution in [1.82, 2.24) is 0 Å². The molecule has 0 unspecified atom stereocenters. The van der Waals surface area contributed by atoms with Crippen LogP contribution >= 0.6 is 0 Å². The summed E-state index contributed by atoms with van der Waals surface area (Å²) >= 11 is 0. The molecule has 3 aromatic carbocycles. The monoisotopic (exact) mass is 382 g/mol. The lowest BCUT2D eigenvalue weighted by Gasteiger charge is -2.31. The Morgan fingerprint density at radius 2 is 1.32 bits per heavy atom. The van der Waals surface area contributed by atoms with Crippen LogP contribution in [0.4, 0.5) is 0 Å². The van der Waals surface area contributed by atoms with Gasteiger partial charge < -0.3 is 34.6 Å². The van der Waals surface area contributed by atoms with Crippen LogP contribution in [0, 0.1) is 0 Å². The van der Waals surface area contributed by atoms with Gasteiger partial charge in [0.05, 0.1) is 20.1 Å². The number of methoxy groups -OCH3 is 2.